The quantitative estimate of drug-likeness (QED) is 0.525. The maximum Gasteiger partial charge on any atom is 0.337 e. The van der Waals surface area contributed by atoms with E-state index in [4.69, 9.17) is 5.11 Å². The molecular weight excluding hydrogens is 348 g/mol. The summed E-state index contributed by atoms with van der Waals surface area (Å²) in [5.74, 6) is 0.0978. The SMILES string of the molecule is CC(=O)Nc1cccc(Nc2nccc(Nc3ccc(C(=O)O)cn3)n2)c1. The molecule has 0 saturated carbocycles. The van der Waals surface area contributed by atoms with Gasteiger partial charge in [0.15, 0.2) is 0 Å². The first kappa shape index (κ1) is 17.8. The van der Waals surface area contributed by atoms with Gasteiger partial charge in [0.05, 0.1) is 5.56 Å². The monoisotopic (exact) mass is 364 g/mol. The molecule has 1 amide bonds. The first-order valence-corrected chi connectivity index (χ1v) is 7.94. The molecule has 9 heteroatoms. The van der Waals surface area contributed by atoms with Crippen LogP contribution in [0, 0.1) is 0 Å². The van der Waals surface area contributed by atoms with Gasteiger partial charge in [-0.2, -0.15) is 4.98 Å². The van der Waals surface area contributed by atoms with Gasteiger partial charge in [0, 0.05) is 30.7 Å². The number of benzene rings is 1. The fourth-order valence-corrected chi connectivity index (χ4v) is 2.22. The highest BCUT2D eigenvalue weighted by Gasteiger charge is 2.05. The molecule has 3 aromatic rings. The van der Waals surface area contributed by atoms with E-state index in [0.717, 1.165) is 0 Å². The molecule has 0 saturated heterocycles. The molecule has 0 radical (unpaired) electrons. The largest absolute Gasteiger partial charge is 0.478 e. The molecule has 2 heterocycles. The first-order valence-electron chi connectivity index (χ1n) is 7.94. The van der Waals surface area contributed by atoms with Crippen molar-refractivity contribution in [3.05, 3.63) is 60.4 Å². The Morgan fingerprint density at radius 1 is 0.963 bits per heavy atom. The number of carboxylic acid groups (broad SMARTS) is 1. The van der Waals surface area contributed by atoms with Crippen LogP contribution in [0.5, 0.6) is 0 Å². The highest BCUT2D eigenvalue weighted by atomic mass is 16.4. The number of nitrogens with one attached hydrogen (secondary N) is 3. The third-order valence-electron chi connectivity index (χ3n) is 3.36. The van der Waals surface area contributed by atoms with E-state index in [-0.39, 0.29) is 11.5 Å². The van der Waals surface area contributed by atoms with E-state index in [2.05, 4.69) is 30.9 Å². The average molecular weight is 364 g/mol. The summed E-state index contributed by atoms with van der Waals surface area (Å²) < 4.78 is 0. The van der Waals surface area contributed by atoms with E-state index < -0.39 is 5.97 Å². The molecule has 27 heavy (non-hydrogen) atoms. The minimum Gasteiger partial charge on any atom is -0.478 e. The van der Waals surface area contributed by atoms with Crippen molar-refractivity contribution < 1.29 is 14.7 Å². The number of aromatic carboxylic acids is 1. The van der Waals surface area contributed by atoms with Crippen molar-refractivity contribution >= 4 is 40.8 Å². The van der Waals surface area contributed by atoms with Crippen molar-refractivity contribution in [1.29, 1.82) is 0 Å². The lowest BCUT2D eigenvalue weighted by molar-refractivity contribution is -0.114. The average Bonchev–Trinajstić information content (AvgIpc) is 2.62. The fourth-order valence-electron chi connectivity index (χ4n) is 2.22. The zero-order valence-electron chi connectivity index (χ0n) is 14.3. The maximum absolute atomic E-state index is 11.2. The summed E-state index contributed by atoms with van der Waals surface area (Å²) in [4.78, 5) is 34.5. The van der Waals surface area contributed by atoms with Crippen LogP contribution >= 0.6 is 0 Å². The van der Waals surface area contributed by atoms with Gasteiger partial charge < -0.3 is 21.1 Å². The standard InChI is InChI=1S/C18H16N6O3/c1-11(25)21-13-3-2-4-14(9-13)22-18-19-8-7-16(24-18)23-15-6-5-12(10-20-15)17(26)27/h2-10H,1H3,(H,21,25)(H,26,27)(H2,19,20,22,23,24). The highest BCUT2D eigenvalue weighted by Crippen LogP contribution is 2.19. The van der Waals surface area contributed by atoms with E-state index in [1.165, 1.54) is 19.2 Å². The Hall–Kier alpha value is -4.01. The van der Waals surface area contributed by atoms with Crippen LogP contribution in [0.25, 0.3) is 0 Å². The zero-order chi connectivity index (χ0) is 19.2. The van der Waals surface area contributed by atoms with E-state index in [0.29, 0.717) is 29.0 Å². The van der Waals surface area contributed by atoms with Crippen LogP contribution in [0.2, 0.25) is 0 Å². The molecule has 0 bridgehead atoms. The van der Waals surface area contributed by atoms with E-state index in [9.17, 15) is 9.59 Å². The van der Waals surface area contributed by atoms with Gasteiger partial charge in [-0.15, -0.1) is 0 Å². The van der Waals surface area contributed by atoms with Crippen molar-refractivity contribution in [2.45, 2.75) is 6.92 Å². The summed E-state index contributed by atoms with van der Waals surface area (Å²) >= 11 is 0. The summed E-state index contributed by atoms with van der Waals surface area (Å²) in [5, 5.41) is 17.6. The number of rotatable bonds is 6. The minimum atomic E-state index is -1.04. The van der Waals surface area contributed by atoms with E-state index in [1.807, 2.05) is 6.07 Å². The van der Waals surface area contributed by atoms with Gasteiger partial charge in [-0.1, -0.05) is 6.07 Å². The summed E-state index contributed by atoms with van der Waals surface area (Å²) in [6.07, 6.45) is 2.83. The normalized spacial score (nSPS) is 10.1. The number of amides is 1. The van der Waals surface area contributed by atoms with Crippen molar-refractivity contribution in [2.75, 3.05) is 16.0 Å². The number of carbonyl (C=O) groups excluding carboxylic acids is 1. The van der Waals surface area contributed by atoms with Crippen molar-refractivity contribution in [3.63, 3.8) is 0 Å². The molecule has 0 fully saturated rings. The Kier molecular flexibility index (Phi) is 5.22. The molecule has 9 nitrogen and oxygen atoms in total. The number of hydrogen-bond acceptors (Lipinski definition) is 7. The Morgan fingerprint density at radius 3 is 2.48 bits per heavy atom. The number of carbonyl (C=O) groups is 2. The van der Waals surface area contributed by atoms with Crippen LogP contribution in [0.1, 0.15) is 17.3 Å². The third-order valence-corrected chi connectivity index (χ3v) is 3.36. The predicted octanol–water partition coefficient (Wildman–Crippen LogP) is 3.02. The number of anilines is 5. The van der Waals surface area contributed by atoms with Crippen LogP contribution in [0.15, 0.2) is 54.9 Å². The highest BCUT2D eigenvalue weighted by molar-refractivity contribution is 5.89. The van der Waals surface area contributed by atoms with Crippen molar-refractivity contribution in [3.8, 4) is 0 Å². The Labute approximate surface area is 154 Å². The minimum absolute atomic E-state index is 0.102. The fraction of sp³-hybridized carbons (Fsp3) is 0.0556. The second-order valence-electron chi connectivity index (χ2n) is 5.51. The predicted molar refractivity (Wildman–Crippen MR) is 101 cm³/mol. The lowest BCUT2D eigenvalue weighted by Gasteiger charge is -2.09. The van der Waals surface area contributed by atoms with Crippen molar-refractivity contribution in [2.24, 2.45) is 0 Å². The van der Waals surface area contributed by atoms with Crippen molar-refractivity contribution in [1.82, 2.24) is 15.0 Å². The van der Waals surface area contributed by atoms with Gasteiger partial charge in [-0.25, -0.2) is 14.8 Å². The number of carboxylic acids is 1. The molecule has 3 rings (SSSR count). The Bertz CT molecular complexity index is 975. The summed E-state index contributed by atoms with van der Waals surface area (Å²) in [6.45, 7) is 1.44. The second-order valence-corrected chi connectivity index (χ2v) is 5.51. The topological polar surface area (TPSA) is 129 Å². The molecule has 0 aliphatic carbocycles. The number of nitrogens with zero attached hydrogens (tertiary/aromatic N) is 3. The van der Waals surface area contributed by atoms with Gasteiger partial charge in [0.1, 0.15) is 11.6 Å². The van der Waals surface area contributed by atoms with Gasteiger partial charge in [-0.05, 0) is 36.4 Å². The molecule has 4 N–H and O–H groups in total. The molecule has 136 valence electrons. The molecule has 0 aliphatic rings. The zero-order valence-corrected chi connectivity index (χ0v) is 14.3. The molecule has 0 spiro atoms. The van der Waals surface area contributed by atoms with E-state index in [1.54, 1.807) is 36.5 Å². The molecule has 1 aromatic carbocycles. The van der Waals surface area contributed by atoms with Crippen LogP contribution in [0.4, 0.5) is 29.0 Å². The molecule has 2 aromatic heterocycles. The van der Waals surface area contributed by atoms with Crippen LogP contribution in [-0.4, -0.2) is 31.9 Å². The van der Waals surface area contributed by atoms with E-state index >= 15 is 0 Å². The Balaban J connectivity index is 1.72. The molecular formula is C18H16N6O3. The van der Waals surface area contributed by atoms with Crippen LogP contribution in [0.3, 0.4) is 0 Å². The third kappa shape index (κ3) is 4.98. The number of aromatic nitrogens is 3. The van der Waals surface area contributed by atoms with Gasteiger partial charge in [-0.3, -0.25) is 4.79 Å². The summed E-state index contributed by atoms with van der Waals surface area (Å²) in [6, 6.07) is 11.8. The molecule has 0 atom stereocenters. The van der Waals surface area contributed by atoms with Gasteiger partial charge in [0.25, 0.3) is 0 Å². The first-order chi connectivity index (χ1) is 13.0. The van der Waals surface area contributed by atoms with Crippen LogP contribution in [-0.2, 0) is 4.79 Å². The lowest BCUT2D eigenvalue weighted by Crippen LogP contribution is -2.06. The number of pyridine rings is 1. The summed E-state index contributed by atoms with van der Waals surface area (Å²) in [5.41, 5.74) is 1.47. The van der Waals surface area contributed by atoms with Crippen LogP contribution < -0.4 is 16.0 Å². The van der Waals surface area contributed by atoms with Gasteiger partial charge in [0.2, 0.25) is 11.9 Å². The lowest BCUT2D eigenvalue weighted by atomic mass is 10.2. The summed E-state index contributed by atoms with van der Waals surface area (Å²) in [7, 11) is 0. The second kappa shape index (κ2) is 7.91. The maximum atomic E-state index is 11.2. The van der Waals surface area contributed by atoms with Gasteiger partial charge >= 0.3 is 5.97 Å². The molecule has 0 aliphatic heterocycles. The Morgan fingerprint density at radius 2 is 1.78 bits per heavy atom. The molecule has 0 unspecified atom stereocenters. The smallest absolute Gasteiger partial charge is 0.337 e. The number of hydrogen-bond donors (Lipinski definition) is 4.